The van der Waals surface area contributed by atoms with Gasteiger partial charge in [0.2, 0.25) is 5.91 Å². The number of nitrogens with one attached hydrogen (secondary N) is 2. The lowest BCUT2D eigenvalue weighted by Gasteiger charge is -2.34. The fourth-order valence-corrected chi connectivity index (χ4v) is 3.73. The molecule has 0 aromatic heterocycles. The third-order valence-electron chi connectivity index (χ3n) is 5.37. The molecule has 1 aromatic carbocycles. The van der Waals surface area contributed by atoms with E-state index in [0.717, 1.165) is 25.9 Å². The second-order valence-corrected chi connectivity index (χ2v) is 7.27. The molecule has 0 bridgehead atoms. The van der Waals surface area contributed by atoms with E-state index in [-0.39, 0.29) is 29.8 Å². The van der Waals surface area contributed by atoms with Crippen LogP contribution in [0.4, 0.5) is 0 Å². The summed E-state index contributed by atoms with van der Waals surface area (Å²) in [4.78, 5) is 12.6. The van der Waals surface area contributed by atoms with E-state index < -0.39 is 0 Å². The van der Waals surface area contributed by atoms with Gasteiger partial charge in [0, 0.05) is 6.54 Å². The largest absolute Gasteiger partial charge is 0.349 e. The first-order chi connectivity index (χ1) is 10.6. The number of hydrogen-bond acceptors (Lipinski definition) is 2. The van der Waals surface area contributed by atoms with Gasteiger partial charge in [-0.1, -0.05) is 18.2 Å². The third kappa shape index (κ3) is 4.07. The van der Waals surface area contributed by atoms with Crippen molar-refractivity contribution >= 4 is 18.3 Å². The van der Waals surface area contributed by atoms with E-state index in [1.165, 1.54) is 42.4 Å². The molecule has 1 aromatic rings. The van der Waals surface area contributed by atoms with Gasteiger partial charge in [-0.25, -0.2) is 0 Å². The van der Waals surface area contributed by atoms with Crippen molar-refractivity contribution in [2.24, 2.45) is 5.41 Å². The molecule has 0 radical (unpaired) electrons. The molecule has 1 saturated heterocycles. The molecule has 0 saturated carbocycles. The first-order valence-corrected chi connectivity index (χ1v) is 8.72. The Morgan fingerprint density at radius 2 is 1.96 bits per heavy atom. The number of amides is 1. The van der Waals surface area contributed by atoms with Gasteiger partial charge >= 0.3 is 0 Å². The molecule has 4 heteroatoms. The minimum absolute atomic E-state index is 0. The summed E-state index contributed by atoms with van der Waals surface area (Å²) in [6, 6.07) is 6.84. The summed E-state index contributed by atoms with van der Waals surface area (Å²) >= 11 is 0. The third-order valence-corrected chi connectivity index (χ3v) is 5.37. The molecule has 1 fully saturated rings. The number of carbonyl (C=O) groups is 1. The van der Waals surface area contributed by atoms with Gasteiger partial charge in [-0.3, -0.25) is 4.79 Å². The van der Waals surface area contributed by atoms with Crippen LogP contribution in [0.15, 0.2) is 18.2 Å². The van der Waals surface area contributed by atoms with E-state index in [1.807, 2.05) is 0 Å². The Morgan fingerprint density at radius 1 is 1.22 bits per heavy atom. The molecule has 2 atom stereocenters. The number of aryl methyl sites for hydroxylation is 2. The van der Waals surface area contributed by atoms with E-state index in [2.05, 4.69) is 42.7 Å². The average Bonchev–Trinajstić information content (AvgIpc) is 2.55. The molecule has 1 aliphatic carbocycles. The average molecular weight is 337 g/mol. The maximum Gasteiger partial charge on any atom is 0.227 e. The summed E-state index contributed by atoms with van der Waals surface area (Å²) in [6.07, 6.45) is 7.05. The summed E-state index contributed by atoms with van der Waals surface area (Å²) in [5, 5.41) is 6.58. The maximum atomic E-state index is 12.6. The smallest absolute Gasteiger partial charge is 0.227 e. The quantitative estimate of drug-likeness (QED) is 0.886. The van der Waals surface area contributed by atoms with Crippen LogP contribution in [0.2, 0.25) is 0 Å². The topological polar surface area (TPSA) is 41.1 Å². The Balaban J connectivity index is 0.00000192. The van der Waals surface area contributed by atoms with Gasteiger partial charge in [0.25, 0.3) is 0 Å². The summed E-state index contributed by atoms with van der Waals surface area (Å²) in [7, 11) is 0. The zero-order chi connectivity index (χ0) is 15.6. The highest BCUT2D eigenvalue weighted by Crippen LogP contribution is 2.28. The molecular formula is C19H29ClN2O. The molecule has 2 N–H and O–H groups in total. The van der Waals surface area contributed by atoms with Crippen molar-refractivity contribution in [1.82, 2.24) is 10.6 Å². The Bertz CT molecular complexity index is 552. The van der Waals surface area contributed by atoms with E-state index in [0.29, 0.717) is 0 Å². The predicted octanol–water partition coefficient (Wildman–Crippen LogP) is 3.55. The Hall–Kier alpha value is -1.06. The zero-order valence-electron chi connectivity index (χ0n) is 14.3. The lowest BCUT2D eigenvalue weighted by molar-refractivity contribution is -0.131. The van der Waals surface area contributed by atoms with Crippen molar-refractivity contribution in [2.75, 3.05) is 13.1 Å². The number of hydrogen-bond donors (Lipinski definition) is 2. The van der Waals surface area contributed by atoms with Crippen LogP contribution in [0.3, 0.4) is 0 Å². The van der Waals surface area contributed by atoms with Gasteiger partial charge in [-0.15, -0.1) is 12.4 Å². The van der Waals surface area contributed by atoms with Crippen LogP contribution < -0.4 is 10.6 Å². The number of rotatable bonds is 3. The van der Waals surface area contributed by atoms with Gasteiger partial charge in [0.1, 0.15) is 0 Å². The second kappa shape index (κ2) is 7.67. The zero-order valence-corrected chi connectivity index (χ0v) is 15.1. The normalized spacial score (nSPS) is 25.0. The van der Waals surface area contributed by atoms with Crippen molar-refractivity contribution in [1.29, 1.82) is 0 Å². The van der Waals surface area contributed by atoms with Crippen molar-refractivity contribution < 1.29 is 4.79 Å². The highest BCUT2D eigenvalue weighted by molar-refractivity contribution is 5.85. The fourth-order valence-electron chi connectivity index (χ4n) is 3.73. The summed E-state index contributed by atoms with van der Waals surface area (Å²) in [6.45, 7) is 6.00. The number of benzene rings is 1. The molecule has 23 heavy (non-hydrogen) atoms. The molecule has 2 unspecified atom stereocenters. The molecule has 2 aliphatic rings. The molecule has 3 rings (SSSR count). The fraction of sp³-hybridized carbons (Fsp3) is 0.632. The number of halogens is 1. The van der Waals surface area contributed by atoms with Crippen molar-refractivity contribution in [3.8, 4) is 0 Å². The lowest BCUT2D eigenvalue weighted by Crippen LogP contribution is -2.49. The monoisotopic (exact) mass is 336 g/mol. The predicted molar refractivity (Wildman–Crippen MR) is 97.1 cm³/mol. The number of fused-ring (bicyclic) bond motifs is 1. The second-order valence-electron chi connectivity index (χ2n) is 7.27. The minimum atomic E-state index is -0.263. The Morgan fingerprint density at radius 3 is 2.65 bits per heavy atom. The van der Waals surface area contributed by atoms with Gasteiger partial charge in [-0.05, 0) is 75.6 Å². The molecule has 1 aliphatic heterocycles. The molecule has 1 amide bonds. The first-order valence-electron chi connectivity index (χ1n) is 8.72. The molecule has 0 spiro atoms. The van der Waals surface area contributed by atoms with Gasteiger partial charge < -0.3 is 10.6 Å². The number of carbonyl (C=O) groups excluding carboxylic acids is 1. The van der Waals surface area contributed by atoms with Crippen molar-refractivity contribution in [3.05, 3.63) is 34.9 Å². The van der Waals surface area contributed by atoms with Crippen LogP contribution in [-0.2, 0) is 17.6 Å². The molecule has 3 nitrogen and oxygen atoms in total. The summed E-state index contributed by atoms with van der Waals surface area (Å²) < 4.78 is 0. The molecular weight excluding hydrogens is 308 g/mol. The molecule has 1 heterocycles. The van der Waals surface area contributed by atoms with Crippen molar-refractivity contribution in [3.63, 3.8) is 0 Å². The van der Waals surface area contributed by atoms with Crippen LogP contribution in [0.25, 0.3) is 0 Å². The van der Waals surface area contributed by atoms with Crippen LogP contribution >= 0.6 is 12.4 Å². The van der Waals surface area contributed by atoms with Gasteiger partial charge in [0.05, 0.1) is 11.5 Å². The van der Waals surface area contributed by atoms with E-state index in [4.69, 9.17) is 0 Å². The first kappa shape index (κ1) is 18.3. The highest BCUT2D eigenvalue weighted by atomic mass is 35.5. The maximum absolute atomic E-state index is 12.6. The summed E-state index contributed by atoms with van der Waals surface area (Å²) in [5.74, 6) is 0.185. The SMILES string of the molecule is CC(NC(=O)C1(C)CCCNC1)c1ccc2c(c1)CCCC2.Cl. The standard InChI is InChI=1S/C19H28N2O.ClH/c1-14(21-18(22)19(2)10-5-11-20-13-19)16-9-8-15-6-3-4-7-17(15)12-16;/h8-9,12,14,20H,3-7,10-11,13H2,1-2H3,(H,21,22);1H. The minimum Gasteiger partial charge on any atom is -0.349 e. The van der Waals surface area contributed by atoms with Crippen LogP contribution in [0.5, 0.6) is 0 Å². The van der Waals surface area contributed by atoms with E-state index in [1.54, 1.807) is 0 Å². The van der Waals surface area contributed by atoms with E-state index >= 15 is 0 Å². The van der Waals surface area contributed by atoms with Crippen LogP contribution in [-0.4, -0.2) is 19.0 Å². The van der Waals surface area contributed by atoms with Crippen LogP contribution in [0.1, 0.15) is 62.3 Å². The van der Waals surface area contributed by atoms with Crippen LogP contribution in [0, 0.1) is 5.41 Å². The Kier molecular flexibility index (Phi) is 6.10. The number of piperidine rings is 1. The highest BCUT2D eigenvalue weighted by Gasteiger charge is 2.35. The summed E-state index contributed by atoms with van der Waals surface area (Å²) in [5.41, 5.74) is 3.95. The lowest BCUT2D eigenvalue weighted by atomic mass is 9.81. The van der Waals surface area contributed by atoms with Gasteiger partial charge in [-0.2, -0.15) is 0 Å². The van der Waals surface area contributed by atoms with Gasteiger partial charge in [0.15, 0.2) is 0 Å². The van der Waals surface area contributed by atoms with E-state index in [9.17, 15) is 4.79 Å². The van der Waals surface area contributed by atoms with Crippen molar-refractivity contribution in [2.45, 2.75) is 58.4 Å². The molecule has 128 valence electrons. The Labute approximate surface area is 146 Å².